The van der Waals surface area contributed by atoms with Crippen LogP contribution < -0.4 is 0 Å². The molecule has 0 aliphatic heterocycles. The number of benzene rings is 1. The van der Waals surface area contributed by atoms with E-state index in [1.54, 1.807) is 24.5 Å². The van der Waals surface area contributed by atoms with Gasteiger partial charge in [0.25, 0.3) is 5.91 Å². The largest absolute Gasteiger partial charge is 0.277 e. The van der Waals surface area contributed by atoms with Crippen LogP contribution in [0.5, 0.6) is 0 Å². The lowest BCUT2D eigenvalue weighted by molar-refractivity contribution is -0.0756. The Kier molecular flexibility index (Phi) is 3.56. The average molecular weight is 247 g/mol. The van der Waals surface area contributed by atoms with Gasteiger partial charge in [-0.1, -0.05) is 18.2 Å². The fourth-order valence-corrected chi connectivity index (χ4v) is 2.24. The van der Waals surface area contributed by atoms with Crippen molar-refractivity contribution in [2.24, 2.45) is 0 Å². The first-order valence-electron chi connectivity index (χ1n) is 5.18. The molecular weight excluding hydrogens is 234 g/mol. The van der Waals surface area contributed by atoms with Gasteiger partial charge in [0.2, 0.25) is 0 Å². The third-order valence-corrected chi connectivity index (χ3v) is 3.39. The quantitative estimate of drug-likeness (QED) is 0.780. The van der Waals surface area contributed by atoms with Gasteiger partial charge in [-0.25, -0.2) is 5.06 Å². The molecule has 0 spiro atoms. The van der Waals surface area contributed by atoms with E-state index < -0.39 is 0 Å². The van der Waals surface area contributed by atoms with E-state index in [0.717, 1.165) is 10.4 Å². The Hall–Kier alpha value is -1.65. The van der Waals surface area contributed by atoms with Crippen molar-refractivity contribution in [3.05, 3.63) is 47.3 Å². The van der Waals surface area contributed by atoms with Crippen molar-refractivity contribution in [1.82, 2.24) is 5.06 Å². The molecule has 0 saturated heterocycles. The molecule has 1 amide bonds. The minimum Gasteiger partial charge on any atom is -0.274 e. The molecule has 0 aliphatic rings. The molecule has 2 rings (SSSR count). The zero-order chi connectivity index (χ0) is 12.3. The number of amides is 1. The number of hydroxylamine groups is 2. The lowest BCUT2D eigenvalue weighted by Gasteiger charge is -2.13. The minimum atomic E-state index is -0.147. The molecule has 0 atom stereocenters. The first-order valence-corrected chi connectivity index (χ1v) is 6.06. The molecule has 0 bridgehead atoms. The molecule has 17 heavy (non-hydrogen) atoms. The maximum atomic E-state index is 11.9. The molecule has 1 aromatic heterocycles. The molecule has 1 heterocycles. The van der Waals surface area contributed by atoms with E-state index in [0.29, 0.717) is 5.56 Å². The Balaban J connectivity index is 2.32. The Bertz CT molecular complexity index is 508. The summed E-state index contributed by atoms with van der Waals surface area (Å²) in [4.78, 5) is 17.9. The summed E-state index contributed by atoms with van der Waals surface area (Å²) < 4.78 is 0. The smallest absolute Gasteiger partial charge is 0.274 e. The fraction of sp³-hybridized carbons (Fsp3) is 0.154. The highest BCUT2D eigenvalue weighted by Crippen LogP contribution is 2.25. The Morgan fingerprint density at radius 2 is 2.12 bits per heavy atom. The monoisotopic (exact) mass is 247 g/mol. The fourth-order valence-electron chi connectivity index (χ4n) is 1.51. The van der Waals surface area contributed by atoms with Crippen LogP contribution in [0.4, 0.5) is 0 Å². The van der Waals surface area contributed by atoms with Gasteiger partial charge in [-0.3, -0.25) is 9.63 Å². The van der Waals surface area contributed by atoms with E-state index in [1.165, 1.54) is 12.2 Å². The van der Waals surface area contributed by atoms with E-state index in [2.05, 4.69) is 0 Å². The van der Waals surface area contributed by atoms with Crippen LogP contribution in [0.2, 0.25) is 0 Å². The first kappa shape index (κ1) is 11.8. The molecule has 2 aromatic rings. The minimum absolute atomic E-state index is 0.147. The number of rotatable bonds is 3. The molecule has 0 fully saturated rings. The lowest BCUT2D eigenvalue weighted by Crippen LogP contribution is -2.25. The number of hydrogen-bond donors (Lipinski definition) is 0. The molecule has 0 radical (unpaired) electrons. The molecule has 3 nitrogen and oxygen atoms in total. The molecule has 4 heteroatoms. The second kappa shape index (κ2) is 5.12. The molecular formula is C13H13NO2S. The zero-order valence-electron chi connectivity index (χ0n) is 9.71. The van der Waals surface area contributed by atoms with Crippen LogP contribution >= 0.6 is 11.3 Å². The van der Waals surface area contributed by atoms with Crippen molar-refractivity contribution in [1.29, 1.82) is 0 Å². The van der Waals surface area contributed by atoms with Gasteiger partial charge in [-0.05, 0) is 29.1 Å². The van der Waals surface area contributed by atoms with Gasteiger partial charge >= 0.3 is 0 Å². The van der Waals surface area contributed by atoms with Crippen molar-refractivity contribution in [2.45, 2.75) is 0 Å². The number of hydrogen-bond acceptors (Lipinski definition) is 3. The number of nitrogens with zero attached hydrogens (tertiary/aromatic N) is 1. The van der Waals surface area contributed by atoms with Gasteiger partial charge in [-0.15, -0.1) is 11.3 Å². The van der Waals surface area contributed by atoms with Gasteiger partial charge in [0.1, 0.15) is 0 Å². The van der Waals surface area contributed by atoms with Crippen molar-refractivity contribution in [3.63, 3.8) is 0 Å². The molecule has 0 aliphatic carbocycles. The SMILES string of the molecule is CON(C)C(=O)c1cccc(-c2cccs2)c1. The maximum Gasteiger partial charge on any atom is 0.277 e. The summed E-state index contributed by atoms with van der Waals surface area (Å²) in [7, 11) is 3.07. The van der Waals surface area contributed by atoms with Gasteiger partial charge in [0.15, 0.2) is 0 Å². The molecule has 0 saturated carbocycles. The summed E-state index contributed by atoms with van der Waals surface area (Å²) in [5.41, 5.74) is 1.68. The Labute approximate surface area is 104 Å². The summed E-state index contributed by atoms with van der Waals surface area (Å²) in [6.07, 6.45) is 0. The van der Waals surface area contributed by atoms with Gasteiger partial charge in [0.05, 0.1) is 7.11 Å². The van der Waals surface area contributed by atoms with E-state index in [1.807, 2.05) is 35.7 Å². The third kappa shape index (κ3) is 2.54. The van der Waals surface area contributed by atoms with Crippen LogP contribution in [0.1, 0.15) is 10.4 Å². The molecule has 1 aromatic carbocycles. The first-order chi connectivity index (χ1) is 8.22. The van der Waals surface area contributed by atoms with E-state index in [4.69, 9.17) is 4.84 Å². The van der Waals surface area contributed by atoms with Crippen molar-refractivity contribution >= 4 is 17.2 Å². The molecule has 0 N–H and O–H groups in total. The standard InChI is InChI=1S/C13H13NO2S/c1-14(16-2)13(15)11-6-3-5-10(9-11)12-7-4-8-17-12/h3-9H,1-2H3. The van der Waals surface area contributed by atoms with Crippen LogP contribution in [0.25, 0.3) is 10.4 Å². The van der Waals surface area contributed by atoms with Crippen molar-refractivity contribution in [3.8, 4) is 10.4 Å². The van der Waals surface area contributed by atoms with Crippen LogP contribution in [0.15, 0.2) is 41.8 Å². The van der Waals surface area contributed by atoms with E-state index in [9.17, 15) is 4.79 Å². The normalized spacial score (nSPS) is 10.2. The lowest BCUT2D eigenvalue weighted by atomic mass is 10.1. The Morgan fingerprint density at radius 1 is 1.29 bits per heavy atom. The molecule has 0 unspecified atom stereocenters. The highest BCUT2D eigenvalue weighted by atomic mass is 32.1. The van der Waals surface area contributed by atoms with Crippen LogP contribution in [-0.2, 0) is 4.84 Å². The Morgan fingerprint density at radius 3 is 2.76 bits per heavy atom. The topological polar surface area (TPSA) is 29.5 Å². The van der Waals surface area contributed by atoms with E-state index in [-0.39, 0.29) is 5.91 Å². The van der Waals surface area contributed by atoms with Crippen molar-refractivity contribution in [2.75, 3.05) is 14.2 Å². The maximum absolute atomic E-state index is 11.9. The van der Waals surface area contributed by atoms with Gasteiger partial charge < -0.3 is 0 Å². The second-order valence-corrected chi connectivity index (χ2v) is 4.49. The summed E-state index contributed by atoms with van der Waals surface area (Å²) in [5, 5.41) is 3.23. The van der Waals surface area contributed by atoms with Gasteiger partial charge in [0, 0.05) is 17.5 Å². The zero-order valence-corrected chi connectivity index (χ0v) is 10.5. The van der Waals surface area contributed by atoms with Gasteiger partial charge in [-0.2, -0.15) is 0 Å². The summed E-state index contributed by atoms with van der Waals surface area (Å²) in [5.74, 6) is -0.147. The van der Waals surface area contributed by atoms with Crippen LogP contribution in [-0.4, -0.2) is 25.1 Å². The number of carbonyl (C=O) groups is 1. The summed E-state index contributed by atoms with van der Waals surface area (Å²) in [6.45, 7) is 0. The number of carbonyl (C=O) groups excluding carboxylic acids is 1. The summed E-state index contributed by atoms with van der Waals surface area (Å²) in [6, 6.07) is 11.6. The highest BCUT2D eigenvalue weighted by Gasteiger charge is 2.11. The average Bonchev–Trinajstić information content (AvgIpc) is 2.91. The van der Waals surface area contributed by atoms with E-state index >= 15 is 0 Å². The predicted octanol–water partition coefficient (Wildman–Crippen LogP) is 3.05. The van der Waals surface area contributed by atoms with Crippen molar-refractivity contribution < 1.29 is 9.63 Å². The third-order valence-electron chi connectivity index (χ3n) is 2.48. The van der Waals surface area contributed by atoms with Crippen LogP contribution in [0, 0.1) is 0 Å². The van der Waals surface area contributed by atoms with Crippen LogP contribution in [0.3, 0.4) is 0 Å². The second-order valence-electron chi connectivity index (χ2n) is 3.54. The summed E-state index contributed by atoms with van der Waals surface area (Å²) >= 11 is 1.65. The predicted molar refractivity (Wildman–Crippen MR) is 68.9 cm³/mol. The molecule has 88 valence electrons. The highest BCUT2D eigenvalue weighted by molar-refractivity contribution is 7.13. The number of thiophene rings is 1.